The summed E-state index contributed by atoms with van der Waals surface area (Å²) in [4.78, 5) is 10.8. The summed E-state index contributed by atoms with van der Waals surface area (Å²) >= 11 is 13.2. The first-order valence-corrected chi connectivity index (χ1v) is 5.01. The van der Waals surface area contributed by atoms with Gasteiger partial charge in [-0.2, -0.15) is 0 Å². The standard InChI is InChI=1S/C8H5Cl2IO/c1-4-2-6(9)7(11)3-5(4)8(10)12/h2-3H,1H3. The summed E-state index contributed by atoms with van der Waals surface area (Å²) in [7, 11) is 0. The predicted octanol–water partition coefficient (Wildman–Crippen LogP) is 3.63. The Balaban J connectivity index is 3.33. The normalized spacial score (nSPS) is 10.0. The smallest absolute Gasteiger partial charge is 0.252 e. The second kappa shape index (κ2) is 3.94. The number of rotatable bonds is 1. The van der Waals surface area contributed by atoms with Gasteiger partial charge in [0.05, 0.1) is 5.02 Å². The van der Waals surface area contributed by atoms with Crippen molar-refractivity contribution in [2.45, 2.75) is 6.92 Å². The lowest BCUT2D eigenvalue weighted by Crippen LogP contribution is -1.94. The number of carbonyl (C=O) groups excluding carboxylic acids is 1. The van der Waals surface area contributed by atoms with Crippen molar-refractivity contribution in [3.05, 3.63) is 31.9 Å². The van der Waals surface area contributed by atoms with Gasteiger partial charge >= 0.3 is 0 Å². The SMILES string of the molecule is Cc1cc(Cl)c(I)cc1C(=O)Cl. The van der Waals surface area contributed by atoms with Crippen molar-refractivity contribution in [1.82, 2.24) is 0 Å². The Morgan fingerprint density at radius 3 is 2.58 bits per heavy atom. The van der Waals surface area contributed by atoms with E-state index in [1.54, 1.807) is 19.1 Å². The molecule has 12 heavy (non-hydrogen) atoms. The van der Waals surface area contributed by atoms with Gasteiger partial charge in [-0.3, -0.25) is 4.79 Å². The minimum atomic E-state index is -0.443. The summed E-state index contributed by atoms with van der Waals surface area (Å²) in [6, 6.07) is 3.42. The zero-order valence-electron chi connectivity index (χ0n) is 6.20. The largest absolute Gasteiger partial charge is 0.276 e. The average molecular weight is 315 g/mol. The number of aryl methyl sites for hydroxylation is 1. The molecule has 0 N–H and O–H groups in total. The van der Waals surface area contributed by atoms with Crippen LogP contribution in [0.1, 0.15) is 15.9 Å². The van der Waals surface area contributed by atoms with Crippen molar-refractivity contribution in [2.75, 3.05) is 0 Å². The first kappa shape index (κ1) is 10.3. The molecule has 0 saturated carbocycles. The monoisotopic (exact) mass is 314 g/mol. The van der Waals surface area contributed by atoms with Gasteiger partial charge in [0.25, 0.3) is 5.24 Å². The van der Waals surface area contributed by atoms with Gasteiger partial charge in [-0.05, 0) is 58.8 Å². The van der Waals surface area contributed by atoms with Crippen molar-refractivity contribution in [3.63, 3.8) is 0 Å². The maximum absolute atomic E-state index is 10.8. The molecule has 0 spiro atoms. The van der Waals surface area contributed by atoms with Gasteiger partial charge in [-0.1, -0.05) is 11.6 Å². The third-order valence-corrected chi connectivity index (χ3v) is 3.21. The number of hydrogen-bond donors (Lipinski definition) is 0. The fourth-order valence-corrected chi connectivity index (χ4v) is 1.75. The van der Waals surface area contributed by atoms with E-state index < -0.39 is 5.24 Å². The lowest BCUT2D eigenvalue weighted by atomic mass is 10.1. The molecule has 1 nitrogen and oxygen atoms in total. The molecule has 64 valence electrons. The van der Waals surface area contributed by atoms with Gasteiger partial charge in [0.1, 0.15) is 0 Å². The van der Waals surface area contributed by atoms with Crippen LogP contribution in [-0.2, 0) is 0 Å². The Morgan fingerprint density at radius 2 is 2.08 bits per heavy atom. The average Bonchev–Trinajstić information content (AvgIpc) is 1.96. The highest BCUT2D eigenvalue weighted by atomic mass is 127. The lowest BCUT2D eigenvalue weighted by molar-refractivity contribution is 0.108. The van der Waals surface area contributed by atoms with Gasteiger partial charge in [0, 0.05) is 9.13 Å². The number of benzene rings is 1. The van der Waals surface area contributed by atoms with Crippen molar-refractivity contribution in [3.8, 4) is 0 Å². The Bertz CT molecular complexity index is 336. The number of hydrogen-bond acceptors (Lipinski definition) is 1. The summed E-state index contributed by atoms with van der Waals surface area (Å²) in [6.45, 7) is 1.80. The molecule has 0 amide bonds. The van der Waals surface area contributed by atoms with Gasteiger partial charge in [0.15, 0.2) is 0 Å². The van der Waals surface area contributed by atoms with Crippen LogP contribution in [0.4, 0.5) is 0 Å². The molecule has 0 aromatic heterocycles. The molecule has 0 fully saturated rings. The summed E-state index contributed by atoms with van der Waals surface area (Å²) in [5.74, 6) is 0. The van der Waals surface area contributed by atoms with E-state index in [0.717, 1.165) is 9.13 Å². The first-order chi connectivity index (χ1) is 5.52. The fourth-order valence-electron chi connectivity index (χ4n) is 0.858. The fraction of sp³-hybridized carbons (Fsp3) is 0.125. The molecule has 0 aliphatic rings. The third-order valence-electron chi connectivity index (χ3n) is 1.48. The van der Waals surface area contributed by atoms with Crippen molar-refractivity contribution >= 4 is 51.0 Å². The zero-order valence-corrected chi connectivity index (χ0v) is 9.87. The molecule has 1 aromatic carbocycles. The van der Waals surface area contributed by atoms with Crippen LogP contribution in [0.2, 0.25) is 5.02 Å². The maximum Gasteiger partial charge on any atom is 0.252 e. The molecule has 0 aliphatic carbocycles. The van der Waals surface area contributed by atoms with Crippen LogP contribution >= 0.6 is 45.8 Å². The molecule has 0 heterocycles. The molecule has 0 saturated heterocycles. The van der Waals surface area contributed by atoms with Crippen LogP contribution in [0.15, 0.2) is 12.1 Å². The summed E-state index contributed by atoms with van der Waals surface area (Å²) in [5, 5.41) is 0.205. The third kappa shape index (κ3) is 2.12. The highest BCUT2D eigenvalue weighted by molar-refractivity contribution is 14.1. The van der Waals surface area contributed by atoms with E-state index in [1.165, 1.54) is 0 Å². The Labute approximate surface area is 94.2 Å². The minimum Gasteiger partial charge on any atom is -0.276 e. The van der Waals surface area contributed by atoms with E-state index in [1.807, 2.05) is 0 Å². The van der Waals surface area contributed by atoms with Gasteiger partial charge in [-0.25, -0.2) is 0 Å². The molecular weight excluding hydrogens is 310 g/mol. The molecule has 0 bridgehead atoms. The molecule has 4 heteroatoms. The number of halogens is 3. The van der Waals surface area contributed by atoms with Crippen LogP contribution in [0.3, 0.4) is 0 Å². The van der Waals surface area contributed by atoms with Crippen LogP contribution in [0.5, 0.6) is 0 Å². The van der Waals surface area contributed by atoms with E-state index in [0.29, 0.717) is 10.6 Å². The van der Waals surface area contributed by atoms with Gasteiger partial charge in [-0.15, -0.1) is 0 Å². The van der Waals surface area contributed by atoms with Crippen LogP contribution < -0.4 is 0 Å². The molecule has 0 radical (unpaired) electrons. The van der Waals surface area contributed by atoms with Crippen LogP contribution in [-0.4, -0.2) is 5.24 Å². The Kier molecular flexibility index (Phi) is 3.37. The topological polar surface area (TPSA) is 17.1 Å². The first-order valence-electron chi connectivity index (χ1n) is 3.18. The van der Waals surface area contributed by atoms with Crippen LogP contribution in [0, 0.1) is 10.5 Å². The maximum atomic E-state index is 10.8. The van der Waals surface area contributed by atoms with Crippen molar-refractivity contribution < 1.29 is 4.79 Å². The molecule has 0 unspecified atom stereocenters. The zero-order chi connectivity index (χ0) is 9.30. The van der Waals surface area contributed by atoms with E-state index in [4.69, 9.17) is 23.2 Å². The molecular formula is C8H5Cl2IO. The summed E-state index contributed by atoms with van der Waals surface area (Å²) < 4.78 is 0.837. The molecule has 0 atom stereocenters. The second-order valence-corrected chi connectivity index (χ2v) is 4.27. The van der Waals surface area contributed by atoms with Crippen molar-refractivity contribution in [1.29, 1.82) is 0 Å². The second-order valence-electron chi connectivity index (χ2n) is 2.35. The predicted molar refractivity (Wildman–Crippen MR) is 59.1 cm³/mol. The minimum absolute atomic E-state index is 0.443. The highest BCUT2D eigenvalue weighted by Gasteiger charge is 2.08. The lowest BCUT2D eigenvalue weighted by Gasteiger charge is -2.02. The van der Waals surface area contributed by atoms with Gasteiger partial charge in [0.2, 0.25) is 0 Å². The summed E-state index contributed by atoms with van der Waals surface area (Å²) in [6.07, 6.45) is 0. The highest BCUT2D eigenvalue weighted by Crippen LogP contribution is 2.23. The summed E-state index contributed by atoms with van der Waals surface area (Å²) in [5.41, 5.74) is 1.32. The quantitative estimate of drug-likeness (QED) is 0.571. The van der Waals surface area contributed by atoms with Crippen LogP contribution in [0.25, 0.3) is 0 Å². The van der Waals surface area contributed by atoms with E-state index in [2.05, 4.69) is 22.6 Å². The number of carbonyl (C=O) groups is 1. The van der Waals surface area contributed by atoms with E-state index in [-0.39, 0.29) is 0 Å². The molecule has 0 aliphatic heterocycles. The molecule has 1 rings (SSSR count). The Hall–Kier alpha value is 0.200. The van der Waals surface area contributed by atoms with Gasteiger partial charge < -0.3 is 0 Å². The molecule has 1 aromatic rings. The van der Waals surface area contributed by atoms with E-state index >= 15 is 0 Å². The van der Waals surface area contributed by atoms with Crippen molar-refractivity contribution in [2.24, 2.45) is 0 Å². The Morgan fingerprint density at radius 1 is 1.50 bits per heavy atom. The van der Waals surface area contributed by atoms with E-state index in [9.17, 15) is 4.79 Å².